The molecule has 0 aliphatic rings. The first-order valence-corrected chi connectivity index (χ1v) is 7.46. The molecule has 0 bridgehead atoms. The van der Waals surface area contributed by atoms with E-state index in [0.29, 0.717) is 0 Å². The first-order chi connectivity index (χ1) is 8.33. The summed E-state index contributed by atoms with van der Waals surface area (Å²) in [6.45, 7) is 4.43. The van der Waals surface area contributed by atoms with Crippen LogP contribution in [0.3, 0.4) is 0 Å². The number of rotatable bonds is 8. The van der Waals surface area contributed by atoms with Crippen LogP contribution >= 0.6 is 11.8 Å². The first kappa shape index (κ1) is 14.3. The second kappa shape index (κ2) is 8.34. The fraction of sp³-hybridized carbons (Fsp3) is 0.692. The van der Waals surface area contributed by atoms with Gasteiger partial charge in [-0.3, -0.25) is 0 Å². The number of nitrogens with zero attached hydrogens (tertiary/aromatic N) is 2. The summed E-state index contributed by atoms with van der Waals surface area (Å²) in [5, 5.41) is 4.31. The number of unbranched alkanes of at least 4 members (excludes halogenated alkanes) is 2. The van der Waals surface area contributed by atoms with Crippen molar-refractivity contribution in [1.29, 1.82) is 0 Å². The molecule has 0 amide bonds. The number of hydrogen-bond acceptors (Lipinski definition) is 4. The van der Waals surface area contributed by atoms with Crippen LogP contribution in [0.2, 0.25) is 0 Å². The SMILES string of the molecule is CCCCCSc1ncnc(NC)c1CCC. The summed E-state index contributed by atoms with van der Waals surface area (Å²) in [6.07, 6.45) is 7.68. The van der Waals surface area contributed by atoms with Crippen molar-refractivity contribution in [2.45, 2.75) is 51.0 Å². The van der Waals surface area contributed by atoms with E-state index in [1.54, 1.807) is 6.33 Å². The zero-order valence-corrected chi connectivity index (χ0v) is 11.9. The fourth-order valence-electron chi connectivity index (χ4n) is 1.73. The van der Waals surface area contributed by atoms with E-state index in [4.69, 9.17) is 0 Å². The van der Waals surface area contributed by atoms with Gasteiger partial charge in [0.2, 0.25) is 0 Å². The highest BCUT2D eigenvalue weighted by molar-refractivity contribution is 7.99. The van der Waals surface area contributed by atoms with Gasteiger partial charge in [0.05, 0.1) is 0 Å². The van der Waals surface area contributed by atoms with Gasteiger partial charge >= 0.3 is 0 Å². The number of hydrogen-bond donors (Lipinski definition) is 1. The minimum atomic E-state index is 0.986. The molecule has 0 saturated heterocycles. The zero-order chi connectivity index (χ0) is 12.5. The van der Waals surface area contributed by atoms with Crippen LogP contribution in [0.1, 0.15) is 45.1 Å². The van der Waals surface area contributed by atoms with Crippen molar-refractivity contribution in [1.82, 2.24) is 9.97 Å². The van der Waals surface area contributed by atoms with Crippen LogP contribution in [0.5, 0.6) is 0 Å². The Bertz CT molecular complexity index is 328. The van der Waals surface area contributed by atoms with Crippen molar-refractivity contribution >= 4 is 17.6 Å². The number of thioether (sulfide) groups is 1. The molecule has 0 unspecified atom stereocenters. The standard InChI is InChI=1S/C13H23N3S/c1-4-6-7-9-17-13-11(8-5-2)12(14-3)15-10-16-13/h10H,4-9H2,1-3H3,(H,14,15,16). The van der Waals surface area contributed by atoms with Gasteiger partial charge in [-0.25, -0.2) is 9.97 Å². The second-order valence-electron chi connectivity index (χ2n) is 4.06. The zero-order valence-electron chi connectivity index (χ0n) is 11.1. The lowest BCUT2D eigenvalue weighted by Crippen LogP contribution is -2.02. The quantitative estimate of drug-likeness (QED) is 0.435. The maximum absolute atomic E-state index is 4.42. The summed E-state index contributed by atoms with van der Waals surface area (Å²) in [4.78, 5) is 8.70. The van der Waals surface area contributed by atoms with Gasteiger partial charge in [-0.1, -0.05) is 33.1 Å². The maximum Gasteiger partial charge on any atom is 0.133 e. The average Bonchev–Trinajstić information content (AvgIpc) is 2.36. The molecule has 1 aromatic heterocycles. The molecule has 0 radical (unpaired) electrons. The summed E-state index contributed by atoms with van der Waals surface area (Å²) < 4.78 is 0. The summed E-state index contributed by atoms with van der Waals surface area (Å²) in [5.74, 6) is 2.14. The molecule has 1 aromatic rings. The molecule has 1 rings (SSSR count). The van der Waals surface area contributed by atoms with Gasteiger partial charge in [0.25, 0.3) is 0 Å². The molecule has 0 aliphatic heterocycles. The molecule has 0 saturated carbocycles. The molecule has 4 heteroatoms. The first-order valence-electron chi connectivity index (χ1n) is 6.47. The number of aromatic nitrogens is 2. The smallest absolute Gasteiger partial charge is 0.133 e. The Labute approximate surface area is 109 Å². The number of anilines is 1. The van der Waals surface area contributed by atoms with Gasteiger partial charge in [-0.2, -0.15) is 0 Å². The minimum Gasteiger partial charge on any atom is -0.373 e. The van der Waals surface area contributed by atoms with E-state index in [9.17, 15) is 0 Å². The van der Waals surface area contributed by atoms with Crippen LogP contribution in [0, 0.1) is 0 Å². The highest BCUT2D eigenvalue weighted by Crippen LogP contribution is 2.26. The molecule has 1 heterocycles. The highest BCUT2D eigenvalue weighted by atomic mass is 32.2. The van der Waals surface area contributed by atoms with Gasteiger partial charge in [-0.15, -0.1) is 11.8 Å². The molecule has 3 nitrogen and oxygen atoms in total. The van der Waals surface area contributed by atoms with Crippen LogP contribution < -0.4 is 5.32 Å². The lowest BCUT2D eigenvalue weighted by atomic mass is 10.2. The van der Waals surface area contributed by atoms with Crippen molar-refractivity contribution in [2.75, 3.05) is 18.1 Å². The van der Waals surface area contributed by atoms with Gasteiger partial charge < -0.3 is 5.32 Å². The Hall–Kier alpha value is -0.770. The molecule has 0 fully saturated rings. The van der Waals surface area contributed by atoms with Crippen molar-refractivity contribution in [3.8, 4) is 0 Å². The number of nitrogens with one attached hydrogen (secondary N) is 1. The molecule has 0 spiro atoms. The third-order valence-electron chi connectivity index (χ3n) is 2.63. The van der Waals surface area contributed by atoms with Crippen molar-refractivity contribution in [3.63, 3.8) is 0 Å². The van der Waals surface area contributed by atoms with Crippen LogP contribution in [-0.4, -0.2) is 22.8 Å². The monoisotopic (exact) mass is 253 g/mol. The molecule has 1 N–H and O–H groups in total. The van der Waals surface area contributed by atoms with E-state index < -0.39 is 0 Å². The molecule has 0 aromatic carbocycles. The van der Waals surface area contributed by atoms with Crippen molar-refractivity contribution in [2.24, 2.45) is 0 Å². The molecule has 0 aliphatic carbocycles. The second-order valence-corrected chi connectivity index (χ2v) is 5.15. The van der Waals surface area contributed by atoms with Crippen molar-refractivity contribution < 1.29 is 0 Å². The third kappa shape index (κ3) is 4.54. The van der Waals surface area contributed by atoms with E-state index >= 15 is 0 Å². The van der Waals surface area contributed by atoms with E-state index in [2.05, 4.69) is 29.1 Å². The lowest BCUT2D eigenvalue weighted by Gasteiger charge is -2.11. The van der Waals surface area contributed by atoms with Crippen LogP contribution in [-0.2, 0) is 6.42 Å². The van der Waals surface area contributed by atoms with E-state index in [-0.39, 0.29) is 0 Å². The van der Waals surface area contributed by atoms with Gasteiger partial charge in [0, 0.05) is 12.6 Å². The Kier molecular flexibility index (Phi) is 7.01. The van der Waals surface area contributed by atoms with Gasteiger partial charge in [0.1, 0.15) is 17.2 Å². The summed E-state index contributed by atoms with van der Waals surface area (Å²) in [5.41, 5.74) is 1.28. The van der Waals surface area contributed by atoms with E-state index in [1.807, 2.05) is 18.8 Å². The highest BCUT2D eigenvalue weighted by Gasteiger charge is 2.09. The lowest BCUT2D eigenvalue weighted by molar-refractivity contribution is 0.777. The molecule has 17 heavy (non-hydrogen) atoms. The third-order valence-corrected chi connectivity index (χ3v) is 3.75. The van der Waals surface area contributed by atoms with Crippen molar-refractivity contribution in [3.05, 3.63) is 11.9 Å². The minimum absolute atomic E-state index is 0.986. The summed E-state index contributed by atoms with van der Waals surface area (Å²) in [7, 11) is 1.92. The molecular formula is C13H23N3S. The fourth-order valence-corrected chi connectivity index (χ4v) is 2.77. The van der Waals surface area contributed by atoms with Gasteiger partial charge in [-0.05, 0) is 18.6 Å². The maximum atomic E-state index is 4.42. The molecular weight excluding hydrogens is 230 g/mol. The van der Waals surface area contributed by atoms with Crippen LogP contribution in [0.4, 0.5) is 5.82 Å². The predicted molar refractivity (Wildman–Crippen MR) is 75.8 cm³/mol. The summed E-state index contributed by atoms with van der Waals surface area (Å²) in [6, 6.07) is 0. The Balaban J connectivity index is 2.68. The average molecular weight is 253 g/mol. The van der Waals surface area contributed by atoms with E-state index in [1.165, 1.54) is 24.8 Å². The van der Waals surface area contributed by atoms with Crippen LogP contribution in [0.25, 0.3) is 0 Å². The largest absolute Gasteiger partial charge is 0.373 e. The Morgan fingerprint density at radius 3 is 2.65 bits per heavy atom. The van der Waals surface area contributed by atoms with Gasteiger partial charge in [0.15, 0.2) is 0 Å². The summed E-state index contributed by atoms with van der Waals surface area (Å²) >= 11 is 1.87. The molecule has 0 atom stereocenters. The normalized spacial score (nSPS) is 10.5. The van der Waals surface area contributed by atoms with Crippen LogP contribution in [0.15, 0.2) is 11.4 Å². The Morgan fingerprint density at radius 1 is 1.18 bits per heavy atom. The predicted octanol–water partition coefficient (Wildman–Crippen LogP) is 3.75. The van der Waals surface area contributed by atoms with E-state index in [0.717, 1.165) is 29.4 Å². The Morgan fingerprint density at radius 2 is 2.00 bits per heavy atom. The molecule has 96 valence electrons. The topological polar surface area (TPSA) is 37.8 Å².